The normalized spacial score (nSPS) is 10.9. The lowest BCUT2D eigenvalue weighted by Gasteiger charge is -2.12. The largest absolute Gasteiger partial charge is 0.380 e. The van der Waals surface area contributed by atoms with Crippen LogP contribution in [0.1, 0.15) is 18.2 Å². The van der Waals surface area contributed by atoms with E-state index in [-0.39, 0.29) is 0 Å². The molecule has 4 rings (SSSR count). The summed E-state index contributed by atoms with van der Waals surface area (Å²) in [5, 5.41) is 11.5. The van der Waals surface area contributed by atoms with Crippen LogP contribution in [-0.2, 0) is 13.0 Å². The molecule has 5 heteroatoms. The molecule has 0 unspecified atom stereocenters. The fraction of sp³-hybridized carbons (Fsp3) is 0.150. The molecule has 2 N–H and O–H groups in total. The smallest absolute Gasteiger partial charge is 0.155 e. The van der Waals surface area contributed by atoms with Crippen LogP contribution < -0.4 is 5.32 Å². The summed E-state index contributed by atoms with van der Waals surface area (Å²) in [6.45, 7) is 2.86. The number of para-hydroxylation sites is 1. The minimum atomic E-state index is 0.735. The van der Waals surface area contributed by atoms with Crippen LogP contribution in [0, 0.1) is 0 Å². The van der Waals surface area contributed by atoms with Crippen LogP contribution in [0.15, 0.2) is 60.9 Å². The molecule has 0 spiro atoms. The highest BCUT2D eigenvalue weighted by atomic mass is 15.2. The van der Waals surface area contributed by atoms with Gasteiger partial charge in [-0.05, 0) is 30.2 Å². The first-order valence-electron chi connectivity index (χ1n) is 8.40. The molecule has 0 saturated carbocycles. The molecule has 124 valence electrons. The van der Waals surface area contributed by atoms with Crippen LogP contribution in [0.3, 0.4) is 0 Å². The molecule has 25 heavy (non-hydrogen) atoms. The summed E-state index contributed by atoms with van der Waals surface area (Å²) in [6.07, 6.45) is 2.44. The van der Waals surface area contributed by atoms with Crippen molar-refractivity contribution in [3.8, 4) is 11.4 Å². The van der Waals surface area contributed by atoms with Gasteiger partial charge in [-0.1, -0.05) is 43.3 Å². The fourth-order valence-corrected chi connectivity index (χ4v) is 2.93. The zero-order valence-corrected chi connectivity index (χ0v) is 14.0. The van der Waals surface area contributed by atoms with Gasteiger partial charge in [-0.2, -0.15) is 5.10 Å². The van der Waals surface area contributed by atoms with E-state index in [1.54, 1.807) is 0 Å². The number of hydrogen-bond acceptors (Lipinski definition) is 4. The van der Waals surface area contributed by atoms with Crippen molar-refractivity contribution in [3.05, 3.63) is 72.2 Å². The van der Waals surface area contributed by atoms with Gasteiger partial charge in [-0.3, -0.25) is 10.1 Å². The second-order valence-electron chi connectivity index (χ2n) is 5.92. The Hall–Kier alpha value is -3.21. The topological polar surface area (TPSA) is 66.5 Å². The van der Waals surface area contributed by atoms with E-state index in [1.807, 2.05) is 24.3 Å². The predicted octanol–water partition coefficient (Wildman–Crippen LogP) is 4.19. The van der Waals surface area contributed by atoms with Gasteiger partial charge in [0.25, 0.3) is 0 Å². The average molecular weight is 329 g/mol. The number of aromatic nitrogens is 4. The maximum atomic E-state index is 4.70. The van der Waals surface area contributed by atoms with Crippen molar-refractivity contribution in [2.75, 3.05) is 5.32 Å². The van der Waals surface area contributed by atoms with Crippen LogP contribution >= 0.6 is 0 Å². The average Bonchev–Trinajstić information content (AvgIpc) is 3.21. The summed E-state index contributed by atoms with van der Waals surface area (Å²) in [6, 6.07) is 18.7. The molecule has 0 amide bonds. The third kappa shape index (κ3) is 3.21. The Kier molecular flexibility index (Phi) is 4.12. The van der Waals surface area contributed by atoms with Crippen LogP contribution in [-0.4, -0.2) is 20.2 Å². The van der Waals surface area contributed by atoms with Gasteiger partial charge >= 0.3 is 0 Å². The highest BCUT2D eigenvalue weighted by Gasteiger charge is 2.06. The first-order valence-corrected chi connectivity index (χ1v) is 8.40. The lowest BCUT2D eigenvalue weighted by atomic mass is 10.1. The SMILES string of the molecule is CCc1cc(NCc2cccc(-c3ncn[nH]3)c2)c2ccccc2n1. The lowest BCUT2D eigenvalue weighted by Crippen LogP contribution is -2.02. The molecule has 0 aliphatic carbocycles. The van der Waals surface area contributed by atoms with E-state index in [9.17, 15) is 0 Å². The number of fused-ring (bicyclic) bond motifs is 1. The number of nitrogens with zero attached hydrogens (tertiary/aromatic N) is 3. The number of anilines is 1. The standard InChI is InChI=1S/C20H19N5/c1-2-16-11-19(17-8-3-4-9-18(17)24-16)21-12-14-6-5-7-15(10-14)20-22-13-23-25-20/h3-11,13H,2,12H2,1H3,(H,21,24)(H,22,23,25). The quantitative estimate of drug-likeness (QED) is 0.576. The minimum absolute atomic E-state index is 0.735. The summed E-state index contributed by atoms with van der Waals surface area (Å²) in [5.74, 6) is 0.782. The molecule has 0 saturated heterocycles. The summed E-state index contributed by atoms with van der Waals surface area (Å²) in [5.41, 5.74) is 5.46. The third-order valence-corrected chi connectivity index (χ3v) is 4.23. The van der Waals surface area contributed by atoms with Crippen LogP contribution in [0.4, 0.5) is 5.69 Å². The van der Waals surface area contributed by atoms with E-state index in [4.69, 9.17) is 4.98 Å². The zero-order valence-electron chi connectivity index (χ0n) is 14.0. The number of pyridine rings is 1. The maximum Gasteiger partial charge on any atom is 0.155 e. The molecule has 0 aliphatic heterocycles. The molecule has 0 atom stereocenters. The number of H-pyrrole nitrogens is 1. The van der Waals surface area contributed by atoms with Crippen molar-refractivity contribution in [1.29, 1.82) is 0 Å². The van der Waals surface area contributed by atoms with Crippen LogP contribution in [0.25, 0.3) is 22.3 Å². The number of benzene rings is 2. The molecule has 0 fully saturated rings. The minimum Gasteiger partial charge on any atom is -0.380 e. The van der Waals surface area contributed by atoms with Gasteiger partial charge in [-0.25, -0.2) is 4.98 Å². The van der Waals surface area contributed by atoms with Crippen LogP contribution in [0.2, 0.25) is 0 Å². The Balaban J connectivity index is 1.61. The van der Waals surface area contributed by atoms with Crippen molar-refractivity contribution < 1.29 is 0 Å². The first kappa shape index (κ1) is 15.3. The number of hydrogen-bond donors (Lipinski definition) is 2. The van der Waals surface area contributed by atoms with E-state index in [0.29, 0.717) is 0 Å². The van der Waals surface area contributed by atoms with Gasteiger partial charge in [0.05, 0.1) is 5.52 Å². The lowest BCUT2D eigenvalue weighted by molar-refractivity contribution is 1.05. The molecule has 2 aromatic heterocycles. The van der Waals surface area contributed by atoms with E-state index < -0.39 is 0 Å². The molecule has 0 radical (unpaired) electrons. The number of nitrogens with one attached hydrogen (secondary N) is 2. The summed E-state index contributed by atoms with van der Waals surface area (Å²) < 4.78 is 0. The van der Waals surface area contributed by atoms with Crippen molar-refractivity contribution in [1.82, 2.24) is 20.2 Å². The van der Waals surface area contributed by atoms with Crippen molar-refractivity contribution in [3.63, 3.8) is 0 Å². The molecular weight excluding hydrogens is 310 g/mol. The fourth-order valence-electron chi connectivity index (χ4n) is 2.93. The van der Waals surface area contributed by atoms with Gasteiger partial charge in [0, 0.05) is 28.9 Å². The van der Waals surface area contributed by atoms with Gasteiger partial charge in [0.15, 0.2) is 5.82 Å². The van der Waals surface area contributed by atoms with Crippen molar-refractivity contribution >= 4 is 16.6 Å². The van der Waals surface area contributed by atoms with Gasteiger partial charge < -0.3 is 5.32 Å². The first-order chi connectivity index (χ1) is 12.3. The predicted molar refractivity (Wildman–Crippen MR) is 100 cm³/mol. The maximum absolute atomic E-state index is 4.70. The third-order valence-electron chi connectivity index (χ3n) is 4.23. The molecular formula is C20H19N5. The number of rotatable bonds is 5. The van der Waals surface area contributed by atoms with Gasteiger partial charge in [-0.15, -0.1) is 0 Å². The molecule has 2 heterocycles. The Labute approximate surface area is 146 Å². The van der Waals surface area contributed by atoms with Gasteiger partial charge in [0.2, 0.25) is 0 Å². The van der Waals surface area contributed by atoms with Gasteiger partial charge in [0.1, 0.15) is 6.33 Å². The molecule has 0 bridgehead atoms. The Bertz CT molecular complexity index is 992. The summed E-state index contributed by atoms with van der Waals surface area (Å²) in [7, 11) is 0. The second-order valence-corrected chi connectivity index (χ2v) is 5.92. The second kappa shape index (κ2) is 6.73. The van der Waals surface area contributed by atoms with Crippen molar-refractivity contribution in [2.24, 2.45) is 0 Å². The number of aryl methyl sites for hydroxylation is 1. The van der Waals surface area contributed by atoms with Crippen LogP contribution in [0.5, 0.6) is 0 Å². The Morgan fingerprint density at radius 1 is 1.04 bits per heavy atom. The van der Waals surface area contributed by atoms with E-state index in [0.717, 1.165) is 46.6 Å². The monoisotopic (exact) mass is 329 g/mol. The number of aromatic amines is 1. The highest BCUT2D eigenvalue weighted by Crippen LogP contribution is 2.24. The highest BCUT2D eigenvalue weighted by molar-refractivity contribution is 5.91. The Morgan fingerprint density at radius 2 is 1.96 bits per heavy atom. The summed E-state index contributed by atoms with van der Waals surface area (Å²) in [4.78, 5) is 8.91. The molecule has 4 aromatic rings. The van der Waals surface area contributed by atoms with E-state index in [1.165, 1.54) is 11.9 Å². The van der Waals surface area contributed by atoms with E-state index in [2.05, 4.69) is 57.8 Å². The molecule has 2 aromatic carbocycles. The van der Waals surface area contributed by atoms with E-state index >= 15 is 0 Å². The summed E-state index contributed by atoms with van der Waals surface area (Å²) >= 11 is 0. The van der Waals surface area contributed by atoms with Crippen molar-refractivity contribution in [2.45, 2.75) is 19.9 Å². The zero-order chi connectivity index (χ0) is 17.1. The molecule has 5 nitrogen and oxygen atoms in total. The molecule has 0 aliphatic rings. The Morgan fingerprint density at radius 3 is 2.80 bits per heavy atom.